The van der Waals surface area contributed by atoms with E-state index in [2.05, 4.69) is 5.10 Å². The lowest BCUT2D eigenvalue weighted by Gasteiger charge is -2.16. The Bertz CT molecular complexity index is 526. The molecule has 5 heteroatoms. The van der Waals surface area contributed by atoms with Gasteiger partial charge in [-0.3, -0.25) is 4.79 Å². The fourth-order valence-corrected chi connectivity index (χ4v) is 2.44. The third kappa shape index (κ3) is 2.54. The number of ether oxygens (including phenoxy) is 1. The summed E-state index contributed by atoms with van der Waals surface area (Å²) in [5.41, 5.74) is 7.20. The van der Waals surface area contributed by atoms with Crippen molar-refractivity contribution in [1.82, 2.24) is 0 Å². The molecule has 1 heterocycles. The molecule has 1 aliphatic rings. The van der Waals surface area contributed by atoms with Crippen LogP contribution in [-0.4, -0.2) is 25.3 Å². The van der Waals surface area contributed by atoms with Crippen molar-refractivity contribution < 1.29 is 9.53 Å². The molecule has 2 rings (SSSR count). The van der Waals surface area contributed by atoms with E-state index < -0.39 is 0 Å². The summed E-state index contributed by atoms with van der Waals surface area (Å²) >= 11 is 0. The van der Waals surface area contributed by atoms with Crippen LogP contribution in [0, 0.1) is 11.8 Å². The van der Waals surface area contributed by atoms with Crippen molar-refractivity contribution in [2.45, 2.75) is 20.3 Å². The van der Waals surface area contributed by atoms with Crippen LogP contribution in [0.5, 0.6) is 5.75 Å². The Kier molecular flexibility index (Phi) is 4.39. The highest BCUT2D eigenvalue weighted by Gasteiger charge is 2.37. The summed E-state index contributed by atoms with van der Waals surface area (Å²) in [6, 6.07) is 7.39. The number of para-hydroxylation sites is 2. The molecular weight excluding hydrogens is 254 g/mol. The maximum Gasteiger partial charge on any atom is 0.256 e. The molecule has 1 aromatic carbocycles. The third-order valence-electron chi connectivity index (χ3n) is 3.44. The van der Waals surface area contributed by atoms with Crippen molar-refractivity contribution in [3.05, 3.63) is 24.3 Å². The van der Waals surface area contributed by atoms with Crippen LogP contribution in [0.15, 0.2) is 29.4 Å². The minimum atomic E-state index is -0.218. The third-order valence-corrected chi connectivity index (χ3v) is 3.44. The van der Waals surface area contributed by atoms with E-state index in [-0.39, 0.29) is 17.7 Å². The number of hydrogen-bond donors (Lipinski definition) is 1. The Hall–Kier alpha value is -1.88. The first-order valence-electron chi connectivity index (χ1n) is 6.85. The second kappa shape index (κ2) is 6.05. The Morgan fingerprint density at radius 2 is 2.10 bits per heavy atom. The zero-order valence-corrected chi connectivity index (χ0v) is 12.2. The monoisotopic (exact) mass is 275 g/mol. The van der Waals surface area contributed by atoms with Crippen molar-refractivity contribution in [1.29, 1.82) is 0 Å². The van der Waals surface area contributed by atoms with Gasteiger partial charge in [0.15, 0.2) is 0 Å². The van der Waals surface area contributed by atoms with E-state index in [4.69, 9.17) is 10.5 Å². The van der Waals surface area contributed by atoms with Crippen molar-refractivity contribution in [3.8, 4) is 5.75 Å². The van der Waals surface area contributed by atoms with E-state index in [0.717, 1.165) is 5.71 Å². The topological polar surface area (TPSA) is 67.9 Å². The number of carbonyl (C=O) groups excluding carboxylic acids is 1. The molecule has 0 aromatic heterocycles. The second-order valence-electron chi connectivity index (χ2n) is 5.13. The Morgan fingerprint density at radius 1 is 1.40 bits per heavy atom. The van der Waals surface area contributed by atoms with Gasteiger partial charge < -0.3 is 10.5 Å². The fraction of sp³-hybridized carbons (Fsp3) is 0.467. The number of hydrogen-bond acceptors (Lipinski definition) is 4. The maximum absolute atomic E-state index is 12.6. The predicted octanol–water partition coefficient (Wildman–Crippen LogP) is 2.02. The smallest absolute Gasteiger partial charge is 0.256 e. The normalized spacial score (nSPS) is 18.6. The van der Waals surface area contributed by atoms with Crippen LogP contribution in [0.3, 0.4) is 0 Å². The van der Waals surface area contributed by atoms with Gasteiger partial charge in [-0.2, -0.15) is 10.1 Å². The number of carbonyl (C=O) groups is 1. The van der Waals surface area contributed by atoms with Crippen LogP contribution in [0.25, 0.3) is 0 Å². The van der Waals surface area contributed by atoms with Gasteiger partial charge in [-0.25, -0.2) is 0 Å². The molecule has 1 unspecified atom stereocenters. The molecule has 0 fully saturated rings. The van der Waals surface area contributed by atoms with Gasteiger partial charge in [0.25, 0.3) is 5.91 Å². The number of amides is 1. The summed E-state index contributed by atoms with van der Waals surface area (Å²) in [6.07, 6.45) is 0.626. The number of rotatable bonds is 5. The van der Waals surface area contributed by atoms with Gasteiger partial charge in [-0.15, -0.1) is 0 Å². The maximum atomic E-state index is 12.6. The summed E-state index contributed by atoms with van der Waals surface area (Å²) < 4.78 is 5.31. The standard InChI is InChI=1S/C15H21N3O2/c1-10(2)14-11(8-9-16)15(19)18(17-14)12-6-4-5-7-13(12)20-3/h4-7,10-11H,8-9,16H2,1-3H3. The van der Waals surface area contributed by atoms with Crippen LogP contribution in [0.2, 0.25) is 0 Å². The first kappa shape index (κ1) is 14.5. The SMILES string of the molecule is COc1ccccc1N1N=C(C(C)C)C(CCN)C1=O. The molecule has 20 heavy (non-hydrogen) atoms. The van der Waals surface area contributed by atoms with Gasteiger partial charge >= 0.3 is 0 Å². The van der Waals surface area contributed by atoms with E-state index in [1.807, 2.05) is 38.1 Å². The summed E-state index contributed by atoms with van der Waals surface area (Å²) in [5, 5.41) is 5.97. The number of nitrogens with zero attached hydrogens (tertiary/aromatic N) is 2. The van der Waals surface area contributed by atoms with E-state index in [9.17, 15) is 4.79 Å². The quantitative estimate of drug-likeness (QED) is 0.894. The summed E-state index contributed by atoms with van der Waals surface area (Å²) in [7, 11) is 1.59. The van der Waals surface area contributed by atoms with Crippen LogP contribution in [-0.2, 0) is 4.79 Å². The first-order valence-corrected chi connectivity index (χ1v) is 6.85. The van der Waals surface area contributed by atoms with Gasteiger partial charge in [0.1, 0.15) is 11.4 Å². The summed E-state index contributed by atoms with van der Waals surface area (Å²) in [4.78, 5) is 12.6. The van der Waals surface area contributed by atoms with Crippen LogP contribution in [0.1, 0.15) is 20.3 Å². The van der Waals surface area contributed by atoms with E-state index in [1.54, 1.807) is 7.11 Å². The lowest BCUT2D eigenvalue weighted by molar-refractivity contribution is -0.119. The Labute approximate surface area is 119 Å². The fourth-order valence-electron chi connectivity index (χ4n) is 2.44. The summed E-state index contributed by atoms with van der Waals surface area (Å²) in [6.45, 7) is 4.56. The summed E-state index contributed by atoms with van der Waals surface area (Å²) in [5.74, 6) is 0.616. The predicted molar refractivity (Wildman–Crippen MR) is 79.9 cm³/mol. The Balaban J connectivity index is 2.40. The van der Waals surface area contributed by atoms with Gasteiger partial charge in [0, 0.05) is 0 Å². The van der Waals surface area contributed by atoms with Crippen LogP contribution in [0.4, 0.5) is 5.69 Å². The number of methoxy groups -OCH3 is 1. The second-order valence-corrected chi connectivity index (χ2v) is 5.13. The molecule has 0 saturated heterocycles. The highest BCUT2D eigenvalue weighted by Crippen LogP contribution is 2.34. The average molecular weight is 275 g/mol. The molecule has 1 aromatic rings. The van der Waals surface area contributed by atoms with Gasteiger partial charge in [0.2, 0.25) is 0 Å². The highest BCUT2D eigenvalue weighted by molar-refractivity contribution is 6.16. The largest absolute Gasteiger partial charge is 0.494 e. The number of benzene rings is 1. The molecule has 5 nitrogen and oxygen atoms in total. The van der Waals surface area contributed by atoms with E-state index in [0.29, 0.717) is 24.4 Å². The zero-order valence-electron chi connectivity index (χ0n) is 12.2. The molecule has 0 aliphatic carbocycles. The molecule has 1 aliphatic heterocycles. The average Bonchev–Trinajstić information content (AvgIpc) is 2.77. The highest BCUT2D eigenvalue weighted by atomic mass is 16.5. The van der Waals surface area contributed by atoms with E-state index in [1.165, 1.54) is 5.01 Å². The number of anilines is 1. The molecular formula is C15H21N3O2. The lowest BCUT2D eigenvalue weighted by atomic mass is 9.92. The van der Waals surface area contributed by atoms with Gasteiger partial charge in [-0.1, -0.05) is 26.0 Å². The first-order chi connectivity index (χ1) is 9.60. The molecule has 1 amide bonds. The molecule has 0 bridgehead atoms. The minimum absolute atomic E-state index is 0.0244. The van der Waals surface area contributed by atoms with Gasteiger partial charge in [0.05, 0.1) is 18.7 Å². The van der Waals surface area contributed by atoms with Crippen LogP contribution >= 0.6 is 0 Å². The molecule has 0 radical (unpaired) electrons. The molecule has 2 N–H and O–H groups in total. The minimum Gasteiger partial charge on any atom is -0.494 e. The van der Waals surface area contributed by atoms with Crippen molar-refractivity contribution in [2.75, 3.05) is 18.7 Å². The molecule has 0 spiro atoms. The van der Waals surface area contributed by atoms with Crippen molar-refractivity contribution in [3.63, 3.8) is 0 Å². The van der Waals surface area contributed by atoms with Crippen molar-refractivity contribution >= 4 is 17.3 Å². The van der Waals surface area contributed by atoms with Crippen LogP contribution < -0.4 is 15.5 Å². The molecule has 0 saturated carbocycles. The number of hydrazone groups is 1. The zero-order chi connectivity index (χ0) is 14.7. The van der Waals surface area contributed by atoms with E-state index >= 15 is 0 Å². The molecule has 1 atom stereocenters. The Morgan fingerprint density at radius 3 is 2.70 bits per heavy atom. The lowest BCUT2D eigenvalue weighted by Crippen LogP contribution is -2.30. The van der Waals surface area contributed by atoms with Crippen molar-refractivity contribution in [2.24, 2.45) is 22.7 Å². The number of nitrogens with two attached hydrogens (primary N) is 1. The van der Waals surface area contributed by atoms with Gasteiger partial charge in [-0.05, 0) is 31.0 Å². The molecule has 108 valence electrons.